The summed E-state index contributed by atoms with van der Waals surface area (Å²) in [4.78, 5) is 4.09. The van der Waals surface area contributed by atoms with E-state index < -0.39 is 0 Å². The van der Waals surface area contributed by atoms with Crippen molar-refractivity contribution in [1.82, 2.24) is 4.98 Å². The third kappa shape index (κ3) is 1.38. The third-order valence-corrected chi connectivity index (χ3v) is 3.82. The Labute approximate surface area is 97.0 Å². The monoisotopic (exact) mass is 274 g/mol. The smallest absolute Gasteiger partial charge is 0.134 e. The van der Waals surface area contributed by atoms with Gasteiger partial charge in [0, 0.05) is 21.8 Å². The van der Waals surface area contributed by atoms with Crippen molar-refractivity contribution in [3.63, 3.8) is 0 Å². The topological polar surface area (TPSA) is 38.9 Å². The number of nitrogens with zero attached hydrogens (tertiary/aromatic N) is 1. The van der Waals surface area contributed by atoms with Gasteiger partial charge in [0.05, 0.1) is 0 Å². The Bertz CT molecular complexity index is 392. The highest BCUT2D eigenvalue weighted by molar-refractivity contribution is 9.10. The van der Waals surface area contributed by atoms with Crippen LogP contribution < -0.4 is 5.73 Å². The molecule has 0 spiro atoms. The molecular weight excluding hydrogens is 263 g/mol. The minimum absolute atomic E-state index is 0.124. The van der Waals surface area contributed by atoms with Crippen molar-refractivity contribution < 1.29 is 0 Å². The van der Waals surface area contributed by atoms with Crippen LogP contribution in [0.5, 0.6) is 0 Å². The van der Waals surface area contributed by atoms with Gasteiger partial charge in [-0.3, -0.25) is 0 Å². The van der Waals surface area contributed by atoms with Crippen LogP contribution in [-0.2, 0) is 5.54 Å². The largest absolute Gasteiger partial charge is 0.321 e. The van der Waals surface area contributed by atoms with Gasteiger partial charge in [0.25, 0.3) is 0 Å². The Morgan fingerprint density at radius 1 is 1.57 bits per heavy atom. The number of nitrogens with two attached hydrogens (primary N) is 1. The SMILES string of the molecule is CC1(C)CC1(N)c1cc(Br)cnc1Cl. The van der Waals surface area contributed by atoms with E-state index in [1.165, 1.54) is 0 Å². The Morgan fingerprint density at radius 3 is 2.64 bits per heavy atom. The molecule has 0 aliphatic heterocycles. The molecule has 14 heavy (non-hydrogen) atoms. The second-order valence-corrected chi connectivity index (χ2v) is 5.80. The number of rotatable bonds is 1. The van der Waals surface area contributed by atoms with E-state index >= 15 is 0 Å². The van der Waals surface area contributed by atoms with Crippen molar-refractivity contribution in [2.45, 2.75) is 25.8 Å². The van der Waals surface area contributed by atoms with Crippen LogP contribution >= 0.6 is 27.5 Å². The van der Waals surface area contributed by atoms with Gasteiger partial charge in [-0.15, -0.1) is 0 Å². The van der Waals surface area contributed by atoms with Gasteiger partial charge >= 0.3 is 0 Å². The zero-order valence-electron chi connectivity index (χ0n) is 8.14. The molecule has 1 heterocycles. The second-order valence-electron chi connectivity index (χ2n) is 4.52. The van der Waals surface area contributed by atoms with Gasteiger partial charge in [0.15, 0.2) is 0 Å². The van der Waals surface area contributed by atoms with E-state index in [9.17, 15) is 0 Å². The van der Waals surface area contributed by atoms with Crippen LogP contribution in [0.15, 0.2) is 16.7 Å². The van der Waals surface area contributed by atoms with Gasteiger partial charge in [-0.2, -0.15) is 0 Å². The molecule has 0 saturated heterocycles. The molecule has 4 heteroatoms. The quantitative estimate of drug-likeness (QED) is 0.800. The normalized spacial score (nSPS) is 28.9. The number of halogens is 2. The maximum atomic E-state index is 6.27. The number of aromatic nitrogens is 1. The summed E-state index contributed by atoms with van der Waals surface area (Å²) in [5.41, 5.74) is 7.03. The third-order valence-electron chi connectivity index (χ3n) is 3.09. The Hall–Kier alpha value is -0.120. The fraction of sp³-hybridized carbons (Fsp3) is 0.500. The first-order valence-corrected chi connectivity index (χ1v) is 5.64. The van der Waals surface area contributed by atoms with E-state index in [1.54, 1.807) is 6.20 Å². The molecule has 2 N–H and O–H groups in total. The van der Waals surface area contributed by atoms with E-state index in [-0.39, 0.29) is 11.0 Å². The van der Waals surface area contributed by atoms with Crippen LogP contribution in [0, 0.1) is 5.41 Å². The molecule has 1 aromatic rings. The zero-order valence-corrected chi connectivity index (χ0v) is 10.5. The molecule has 76 valence electrons. The Morgan fingerprint density at radius 2 is 2.14 bits per heavy atom. The van der Waals surface area contributed by atoms with Crippen LogP contribution in [-0.4, -0.2) is 4.98 Å². The van der Waals surface area contributed by atoms with Crippen molar-refractivity contribution in [1.29, 1.82) is 0 Å². The van der Waals surface area contributed by atoms with Gasteiger partial charge in [-0.1, -0.05) is 25.4 Å². The van der Waals surface area contributed by atoms with Gasteiger partial charge in [-0.25, -0.2) is 4.98 Å². The first-order chi connectivity index (χ1) is 6.37. The first-order valence-electron chi connectivity index (χ1n) is 4.47. The standard InChI is InChI=1S/C10H12BrClN2/c1-9(2)5-10(9,13)7-3-6(11)4-14-8(7)12/h3-4H,5,13H2,1-2H3. The number of hydrogen-bond donors (Lipinski definition) is 1. The van der Waals surface area contributed by atoms with Gasteiger partial charge in [0.2, 0.25) is 0 Å². The first kappa shape index (κ1) is 10.4. The highest BCUT2D eigenvalue weighted by Gasteiger charge is 2.60. The van der Waals surface area contributed by atoms with E-state index in [0.717, 1.165) is 16.5 Å². The summed E-state index contributed by atoms with van der Waals surface area (Å²) in [6.45, 7) is 4.29. The summed E-state index contributed by atoms with van der Waals surface area (Å²) in [7, 11) is 0. The molecule has 1 fully saturated rings. The fourth-order valence-corrected chi connectivity index (χ4v) is 2.45. The van der Waals surface area contributed by atoms with E-state index in [0.29, 0.717) is 5.15 Å². The van der Waals surface area contributed by atoms with Crippen molar-refractivity contribution >= 4 is 27.5 Å². The molecule has 1 aliphatic carbocycles. The molecule has 1 atom stereocenters. The zero-order chi connectivity index (χ0) is 10.6. The molecule has 1 aromatic heterocycles. The van der Waals surface area contributed by atoms with Crippen LogP contribution in [0.25, 0.3) is 0 Å². The lowest BCUT2D eigenvalue weighted by Gasteiger charge is -2.16. The molecule has 0 bridgehead atoms. The number of pyridine rings is 1. The molecule has 0 amide bonds. The van der Waals surface area contributed by atoms with Crippen molar-refractivity contribution in [2.75, 3.05) is 0 Å². The fourth-order valence-electron chi connectivity index (χ4n) is 1.85. The van der Waals surface area contributed by atoms with Gasteiger partial charge < -0.3 is 5.73 Å². The summed E-state index contributed by atoms with van der Waals surface area (Å²) >= 11 is 9.41. The van der Waals surface area contributed by atoms with Gasteiger partial charge in [-0.05, 0) is 33.8 Å². The summed E-state index contributed by atoms with van der Waals surface area (Å²) in [5.74, 6) is 0. The predicted molar refractivity (Wildman–Crippen MR) is 61.2 cm³/mol. The molecule has 0 aromatic carbocycles. The molecular formula is C10H12BrClN2. The van der Waals surface area contributed by atoms with Crippen molar-refractivity contribution in [3.05, 3.63) is 27.5 Å². The molecule has 0 radical (unpaired) electrons. The van der Waals surface area contributed by atoms with Gasteiger partial charge in [0.1, 0.15) is 5.15 Å². The molecule has 2 rings (SSSR count). The maximum Gasteiger partial charge on any atom is 0.134 e. The average molecular weight is 276 g/mol. The Kier molecular flexibility index (Phi) is 2.18. The summed E-state index contributed by atoms with van der Waals surface area (Å²) in [5, 5.41) is 0.515. The van der Waals surface area contributed by atoms with E-state index in [1.807, 2.05) is 6.07 Å². The average Bonchev–Trinajstić information content (AvgIpc) is 2.58. The lowest BCUT2D eigenvalue weighted by Crippen LogP contribution is -2.26. The summed E-state index contributed by atoms with van der Waals surface area (Å²) in [6.07, 6.45) is 2.64. The lowest BCUT2D eigenvalue weighted by molar-refractivity contribution is 0.509. The lowest BCUT2D eigenvalue weighted by atomic mass is 9.99. The second kappa shape index (κ2) is 2.94. The molecule has 1 unspecified atom stereocenters. The molecule has 1 aliphatic rings. The van der Waals surface area contributed by atoms with Crippen LogP contribution in [0.2, 0.25) is 5.15 Å². The summed E-state index contributed by atoms with van der Waals surface area (Å²) in [6, 6.07) is 1.96. The van der Waals surface area contributed by atoms with E-state index in [4.69, 9.17) is 17.3 Å². The van der Waals surface area contributed by atoms with Crippen LogP contribution in [0.4, 0.5) is 0 Å². The maximum absolute atomic E-state index is 6.27. The summed E-state index contributed by atoms with van der Waals surface area (Å²) < 4.78 is 0.921. The Balaban J connectivity index is 2.48. The predicted octanol–water partition coefficient (Wildman–Crippen LogP) is 3.08. The van der Waals surface area contributed by atoms with Crippen LogP contribution in [0.3, 0.4) is 0 Å². The number of hydrogen-bond acceptors (Lipinski definition) is 2. The van der Waals surface area contributed by atoms with Crippen molar-refractivity contribution in [2.24, 2.45) is 11.1 Å². The minimum Gasteiger partial charge on any atom is -0.321 e. The van der Waals surface area contributed by atoms with Crippen molar-refractivity contribution in [3.8, 4) is 0 Å². The van der Waals surface area contributed by atoms with E-state index in [2.05, 4.69) is 34.8 Å². The highest BCUT2D eigenvalue weighted by Crippen LogP contribution is 2.61. The highest BCUT2D eigenvalue weighted by atomic mass is 79.9. The van der Waals surface area contributed by atoms with Crippen LogP contribution in [0.1, 0.15) is 25.8 Å². The minimum atomic E-state index is -0.305. The molecule has 2 nitrogen and oxygen atoms in total. The molecule has 1 saturated carbocycles.